The second-order valence-electron chi connectivity index (χ2n) is 5.79. The Hall–Kier alpha value is -3.24. The smallest absolute Gasteiger partial charge is 0.365 e. The van der Waals surface area contributed by atoms with Gasteiger partial charge in [-0.3, -0.25) is 4.79 Å². The summed E-state index contributed by atoms with van der Waals surface area (Å²) in [6.07, 6.45) is -8.34. The van der Waals surface area contributed by atoms with E-state index in [0.717, 1.165) is 12.1 Å². The lowest BCUT2D eigenvalue weighted by Crippen LogP contribution is -2.15. The van der Waals surface area contributed by atoms with Crippen molar-refractivity contribution in [1.29, 1.82) is 0 Å². The average molecular weight is 402 g/mol. The minimum Gasteiger partial charge on any atom is -0.365 e. The Kier molecular flexibility index (Phi) is 4.92. The van der Waals surface area contributed by atoms with Gasteiger partial charge in [0.1, 0.15) is 5.69 Å². The van der Waals surface area contributed by atoms with Gasteiger partial charge in [-0.25, -0.2) is 4.68 Å². The molecular weight excluding hydrogens is 390 g/mol. The van der Waals surface area contributed by atoms with Crippen LogP contribution in [-0.2, 0) is 23.6 Å². The number of hydrogen-bond acceptors (Lipinski definition) is 2. The third-order valence-corrected chi connectivity index (χ3v) is 3.70. The zero-order valence-corrected chi connectivity index (χ0v) is 13.9. The minimum absolute atomic E-state index is 0.0496. The van der Waals surface area contributed by atoms with Crippen LogP contribution in [0.25, 0.3) is 5.69 Å². The molecule has 148 valence electrons. The molecule has 0 spiro atoms. The van der Waals surface area contributed by atoms with Crippen molar-refractivity contribution in [2.45, 2.75) is 18.8 Å². The summed E-state index contributed by atoms with van der Waals surface area (Å²) in [6.45, 7) is 0. The summed E-state index contributed by atoms with van der Waals surface area (Å²) in [5, 5.41) is 5.58. The van der Waals surface area contributed by atoms with Gasteiger partial charge in [-0.1, -0.05) is 0 Å². The molecule has 28 heavy (non-hydrogen) atoms. The highest BCUT2D eigenvalue weighted by Crippen LogP contribution is 2.36. The van der Waals surface area contributed by atoms with Gasteiger partial charge in [0.25, 0.3) is 0 Å². The number of halogens is 6. The molecule has 3 aromatic rings. The van der Waals surface area contributed by atoms with E-state index in [1.54, 1.807) is 18.3 Å². The molecule has 0 unspecified atom stereocenters. The SMILES string of the molecule is O=C(Cc1ccc[nH]1)Nc1ccc(-n2nc(C(F)(F)F)cc2C(F)(F)F)cc1. The number of benzene rings is 1. The monoisotopic (exact) mass is 402 g/mol. The summed E-state index contributed by atoms with van der Waals surface area (Å²) in [7, 11) is 0. The van der Waals surface area contributed by atoms with Crippen LogP contribution < -0.4 is 5.32 Å². The Morgan fingerprint density at radius 3 is 2.25 bits per heavy atom. The van der Waals surface area contributed by atoms with Gasteiger partial charge in [-0.15, -0.1) is 0 Å². The number of aromatic nitrogens is 3. The van der Waals surface area contributed by atoms with Gasteiger partial charge in [0, 0.05) is 23.6 Å². The Bertz CT molecular complexity index is 955. The lowest BCUT2D eigenvalue weighted by atomic mass is 10.2. The summed E-state index contributed by atoms with van der Waals surface area (Å²) < 4.78 is 77.7. The van der Waals surface area contributed by atoms with Crippen molar-refractivity contribution < 1.29 is 31.1 Å². The molecule has 0 atom stereocenters. The van der Waals surface area contributed by atoms with Crippen LogP contribution in [0, 0.1) is 0 Å². The molecule has 2 N–H and O–H groups in total. The number of anilines is 1. The van der Waals surface area contributed by atoms with E-state index in [9.17, 15) is 31.1 Å². The quantitative estimate of drug-likeness (QED) is 0.635. The maximum Gasteiger partial charge on any atom is 0.435 e. The van der Waals surface area contributed by atoms with E-state index in [4.69, 9.17) is 0 Å². The zero-order valence-electron chi connectivity index (χ0n) is 13.9. The van der Waals surface area contributed by atoms with Crippen LogP contribution in [0.1, 0.15) is 17.1 Å². The third-order valence-electron chi connectivity index (χ3n) is 3.70. The predicted octanol–water partition coefficient (Wildman–Crippen LogP) is 4.42. The molecule has 3 rings (SSSR count). The molecule has 0 aliphatic heterocycles. The molecule has 0 saturated carbocycles. The van der Waals surface area contributed by atoms with Crippen molar-refractivity contribution in [3.63, 3.8) is 0 Å². The second-order valence-corrected chi connectivity index (χ2v) is 5.79. The number of nitrogens with zero attached hydrogens (tertiary/aromatic N) is 2. The fraction of sp³-hybridized carbons (Fsp3) is 0.176. The van der Waals surface area contributed by atoms with Gasteiger partial charge in [-0.05, 0) is 36.4 Å². The molecule has 2 heterocycles. The summed E-state index contributed by atoms with van der Waals surface area (Å²) in [6, 6.07) is 8.19. The number of amides is 1. The van der Waals surface area contributed by atoms with Crippen molar-refractivity contribution in [1.82, 2.24) is 14.8 Å². The highest BCUT2D eigenvalue weighted by Gasteiger charge is 2.42. The maximum atomic E-state index is 13.1. The van der Waals surface area contributed by atoms with Crippen molar-refractivity contribution in [3.8, 4) is 5.69 Å². The average Bonchev–Trinajstić information content (AvgIpc) is 3.23. The van der Waals surface area contributed by atoms with E-state index in [1.165, 1.54) is 12.1 Å². The van der Waals surface area contributed by atoms with E-state index >= 15 is 0 Å². The molecule has 11 heteroatoms. The first-order chi connectivity index (χ1) is 13.0. The first-order valence-electron chi connectivity index (χ1n) is 7.81. The molecule has 0 aliphatic rings. The molecule has 0 aliphatic carbocycles. The maximum absolute atomic E-state index is 13.1. The molecule has 0 radical (unpaired) electrons. The molecular formula is C17H12F6N4O. The Balaban J connectivity index is 1.83. The fourth-order valence-electron chi connectivity index (χ4n) is 2.46. The predicted molar refractivity (Wildman–Crippen MR) is 86.7 cm³/mol. The van der Waals surface area contributed by atoms with Crippen LogP contribution in [0.2, 0.25) is 0 Å². The first kappa shape index (κ1) is 19.5. The highest BCUT2D eigenvalue weighted by molar-refractivity contribution is 5.92. The minimum atomic E-state index is -5.03. The Morgan fingerprint density at radius 2 is 1.71 bits per heavy atom. The Morgan fingerprint density at radius 1 is 1.04 bits per heavy atom. The number of nitrogens with one attached hydrogen (secondary N) is 2. The fourth-order valence-corrected chi connectivity index (χ4v) is 2.46. The van der Waals surface area contributed by atoms with Gasteiger partial charge >= 0.3 is 12.4 Å². The molecule has 2 aromatic heterocycles. The van der Waals surface area contributed by atoms with Gasteiger partial charge in [0.05, 0.1) is 12.1 Å². The zero-order chi connectivity index (χ0) is 20.5. The number of carbonyl (C=O) groups excluding carboxylic acids is 1. The van der Waals surface area contributed by atoms with Gasteiger partial charge in [0.15, 0.2) is 5.69 Å². The molecule has 0 fully saturated rings. The molecule has 5 nitrogen and oxygen atoms in total. The summed E-state index contributed by atoms with van der Waals surface area (Å²) in [5.74, 6) is -0.371. The normalized spacial score (nSPS) is 12.2. The summed E-state index contributed by atoms with van der Waals surface area (Å²) >= 11 is 0. The van der Waals surface area contributed by atoms with E-state index in [0.29, 0.717) is 5.69 Å². The van der Waals surface area contributed by atoms with Gasteiger partial charge in [0.2, 0.25) is 5.91 Å². The first-order valence-corrected chi connectivity index (χ1v) is 7.81. The number of H-pyrrole nitrogens is 1. The summed E-state index contributed by atoms with van der Waals surface area (Å²) in [4.78, 5) is 14.8. The van der Waals surface area contributed by atoms with Crippen LogP contribution >= 0.6 is 0 Å². The number of aromatic amines is 1. The second kappa shape index (κ2) is 7.06. The van der Waals surface area contributed by atoms with Crippen LogP contribution in [0.15, 0.2) is 48.7 Å². The van der Waals surface area contributed by atoms with E-state index < -0.39 is 23.7 Å². The van der Waals surface area contributed by atoms with Crippen molar-refractivity contribution >= 4 is 11.6 Å². The van der Waals surface area contributed by atoms with Crippen molar-refractivity contribution in [2.75, 3.05) is 5.32 Å². The number of carbonyl (C=O) groups is 1. The van der Waals surface area contributed by atoms with E-state index in [2.05, 4.69) is 15.4 Å². The number of hydrogen-bond donors (Lipinski definition) is 2. The van der Waals surface area contributed by atoms with Crippen molar-refractivity contribution in [2.24, 2.45) is 0 Å². The Labute approximate surface area is 154 Å². The molecule has 0 bridgehead atoms. The van der Waals surface area contributed by atoms with Crippen LogP contribution in [0.5, 0.6) is 0 Å². The van der Waals surface area contributed by atoms with Crippen molar-refractivity contribution in [3.05, 3.63) is 65.7 Å². The third kappa shape index (κ3) is 4.35. The molecule has 1 aromatic carbocycles. The lowest BCUT2D eigenvalue weighted by Gasteiger charge is -2.11. The van der Waals surface area contributed by atoms with Gasteiger partial charge in [-0.2, -0.15) is 31.4 Å². The highest BCUT2D eigenvalue weighted by atomic mass is 19.4. The van der Waals surface area contributed by atoms with E-state index in [-0.39, 0.29) is 34.5 Å². The van der Waals surface area contributed by atoms with Crippen LogP contribution in [-0.4, -0.2) is 20.7 Å². The van der Waals surface area contributed by atoms with Crippen LogP contribution in [0.4, 0.5) is 32.0 Å². The molecule has 0 saturated heterocycles. The van der Waals surface area contributed by atoms with Gasteiger partial charge < -0.3 is 10.3 Å². The summed E-state index contributed by atoms with van der Waals surface area (Å²) in [5.41, 5.74) is -2.49. The standard InChI is InChI=1S/C17H12F6N4O/c18-16(19,20)13-9-14(17(21,22)23)27(26-13)12-5-3-10(4-6-12)25-15(28)8-11-2-1-7-24-11/h1-7,9,24H,8H2,(H,25,28). The molecule has 1 amide bonds. The number of rotatable bonds is 4. The largest absolute Gasteiger partial charge is 0.435 e. The topological polar surface area (TPSA) is 62.7 Å². The van der Waals surface area contributed by atoms with E-state index in [1.807, 2.05) is 0 Å². The number of alkyl halides is 6. The lowest BCUT2D eigenvalue weighted by molar-refractivity contribution is -0.143. The van der Waals surface area contributed by atoms with Crippen LogP contribution in [0.3, 0.4) is 0 Å².